The molecule has 5 aliphatic rings. The summed E-state index contributed by atoms with van der Waals surface area (Å²) in [6.45, 7) is 0. The average Bonchev–Trinajstić information content (AvgIpc) is 3.39. The van der Waals surface area contributed by atoms with E-state index in [1.54, 1.807) is 0 Å². The van der Waals surface area contributed by atoms with Gasteiger partial charge in [-0.25, -0.2) is 0 Å². The summed E-state index contributed by atoms with van der Waals surface area (Å²) in [5.74, 6) is 0.611. The minimum Gasteiger partial charge on any atom is -0.369 e. The quantitative estimate of drug-likeness (QED) is 0.853. The molecule has 1 spiro atoms. The summed E-state index contributed by atoms with van der Waals surface area (Å²) in [5.41, 5.74) is 6.33. The number of primary amides is 1. The third kappa shape index (κ3) is 1.52. The first kappa shape index (κ1) is 14.0. The zero-order valence-corrected chi connectivity index (χ0v) is 14.3. The smallest absolute Gasteiger partial charge is 0.228 e. The van der Waals surface area contributed by atoms with Crippen LogP contribution in [-0.2, 0) is 9.59 Å². The number of hydrogen-bond acceptors (Lipinski definition) is 2. The summed E-state index contributed by atoms with van der Waals surface area (Å²) >= 11 is 3.40. The molecule has 4 bridgehead atoms. The van der Waals surface area contributed by atoms with Crippen molar-refractivity contribution in [2.45, 2.75) is 25.7 Å². The number of amides is 2. The predicted molar refractivity (Wildman–Crippen MR) is 89.3 cm³/mol. The molecule has 6 rings (SSSR count). The highest BCUT2D eigenvalue weighted by Crippen LogP contribution is 2.89. The van der Waals surface area contributed by atoms with Gasteiger partial charge < -0.3 is 11.1 Å². The van der Waals surface area contributed by atoms with Gasteiger partial charge in [0.1, 0.15) is 0 Å². The highest BCUT2D eigenvalue weighted by atomic mass is 79.9. The maximum atomic E-state index is 13.0. The molecule has 5 fully saturated rings. The Balaban J connectivity index is 1.48. The number of nitrogens with two attached hydrogens (primary N) is 1. The molecule has 5 aliphatic carbocycles. The Labute approximate surface area is 143 Å². The third-order valence-electron chi connectivity index (χ3n) is 7.13. The second-order valence-electron chi connectivity index (χ2n) is 7.77. The number of nitrogens with one attached hydrogen (secondary N) is 1. The summed E-state index contributed by atoms with van der Waals surface area (Å²) in [7, 11) is 0. The van der Waals surface area contributed by atoms with Crippen LogP contribution in [0.15, 0.2) is 28.7 Å². The molecule has 4 nitrogen and oxygen atoms in total. The second kappa shape index (κ2) is 4.18. The van der Waals surface area contributed by atoms with E-state index in [1.165, 1.54) is 12.8 Å². The van der Waals surface area contributed by atoms with Gasteiger partial charge >= 0.3 is 0 Å². The zero-order valence-electron chi connectivity index (χ0n) is 12.7. The van der Waals surface area contributed by atoms with E-state index < -0.39 is 5.41 Å². The Bertz CT molecular complexity index is 727. The first-order valence-corrected chi connectivity index (χ1v) is 9.17. The summed E-state index contributed by atoms with van der Waals surface area (Å²) in [5, 5.41) is 3.03. The van der Waals surface area contributed by atoms with Crippen LogP contribution in [0.5, 0.6) is 0 Å². The van der Waals surface area contributed by atoms with Gasteiger partial charge in [-0.2, -0.15) is 0 Å². The van der Waals surface area contributed by atoms with Crippen LogP contribution >= 0.6 is 15.9 Å². The number of benzene rings is 1. The summed E-state index contributed by atoms with van der Waals surface area (Å²) < 4.78 is 0.975. The number of rotatable bonds is 3. The fraction of sp³-hybridized carbons (Fsp3) is 0.556. The van der Waals surface area contributed by atoms with Gasteiger partial charge in [0.05, 0.1) is 11.3 Å². The van der Waals surface area contributed by atoms with Crippen molar-refractivity contribution in [3.8, 4) is 0 Å². The van der Waals surface area contributed by atoms with Crippen LogP contribution in [0.1, 0.15) is 25.7 Å². The highest BCUT2D eigenvalue weighted by Gasteiger charge is 2.90. The first-order valence-electron chi connectivity index (χ1n) is 8.38. The van der Waals surface area contributed by atoms with Crippen LogP contribution in [-0.4, -0.2) is 11.8 Å². The van der Waals surface area contributed by atoms with Gasteiger partial charge in [0.25, 0.3) is 0 Å². The molecule has 0 radical (unpaired) electrons. The molecule has 1 aromatic carbocycles. The van der Waals surface area contributed by atoms with Crippen LogP contribution in [0.4, 0.5) is 5.69 Å². The van der Waals surface area contributed by atoms with Gasteiger partial charge in [0.15, 0.2) is 0 Å². The Hall–Kier alpha value is -1.36. The highest BCUT2D eigenvalue weighted by molar-refractivity contribution is 9.10. The van der Waals surface area contributed by atoms with E-state index in [0.717, 1.165) is 23.0 Å². The molecule has 1 aromatic rings. The molecule has 0 heterocycles. The fourth-order valence-corrected chi connectivity index (χ4v) is 6.63. The molecule has 120 valence electrons. The standard InChI is InChI=1S/C18H19BrN2O2/c19-9-1-3-10(4-2-9)21-15(22)13-11-5-6-12-14(17(11)7-8-17)18(12,13)16(20)23/h1-4,11-14H,5-8H2,(H2,20,23)(H,21,22). The zero-order chi connectivity index (χ0) is 16.0. The summed E-state index contributed by atoms with van der Waals surface area (Å²) in [6.07, 6.45) is 4.50. The van der Waals surface area contributed by atoms with Crippen LogP contribution in [0, 0.1) is 34.5 Å². The van der Waals surface area contributed by atoms with E-state index >= 15 is 0 Å². The lowest BCUT2D eigenvalue weighted by Gasteiger charge is -2.37. The van der Waals surface area contributed by atoms with Gasteiger partial charge in [0.2, 0.25) is 11.8 Å². The van der Waals surface area contributed by atoms with E-state index in [2.05, 4.69) is 21.2 Å². The van der Waals surface area contributed by atoms with Crippen LogP contribution in [0.2, 0.25) is 0 Å². The second-order valence-corrected chi connectivity index (χ2v) is 8.69. The van der Waals surface area contributed by atoms with Crippen LogP contribution in [0.3, 0.4) is 0 Å². The number of carbonyl (C=O) groups excluding carboxylic acids is 2. The normalized spacial score (nSPS) is 40.7. The van der Waals surface area contributed by atoms with E-state index in [9.17, 15) is 9.59 Å². The molecular formula is C18H19BrN2O2. The van der Waals surface area contributed by atoms with Gasteiger partial charge in [-0.3, -0.25) is 9.59 Å². The van der Waals surface area contributed by atoms with E-state index in [4.69, 9.17) is 5.73 Å². The molecule has 5 atom stereocenters. The van der Waals surface area contributed by atoms with E-state index in [-0.39, 0.29) is 23.1 Å². The average molecular weight is 375 g/mol. The number of carbonyl (C=O) groups is 2. The monoisotopic (exact) mass is 374 g/mol. The number of hydrogen-bond donors (Lipinski definition) is 2. The molecule has 3 N–H and O–H groups in total. The van der Waals surface area contributed by atoms with Crippen LogP contribution < -0.4 is 11.1 Å². The van der Waals surface area contributed by atoms with Crippen molar-refractivity contribution in [2.24, 2.45) is 40.2 Å². The molecule has 2 amide bonds. The molecular weight excluding hydrogens is 356 g/mol. The molecule has 0 aromatic heterocycles. The third-order valence-corrected chi connectivity index (χ3v) is 7.66. The molecule has 5 unspecified atom stereocenters. The van der Waals surface area contributed by atoms with E-state index in [1.807, 2.05) is 24.3 Å². The minimum absolute atomic E-state index is 0.00732. The minimum atomic E-state index is -0.543. The lowest BCUT2D eigenvalue weighted by atomic mass is 9.67. The van der Waals surface area contributed by atoms with Crippen molar-refractivity contribution in [1.82, 2.24) is 0 Å². The fourth-order valence-electron chi connectivity index (χ4n) is 6.36. The van der Waals surface area contributed by atoms with Gasteiger partial charge in [0, 0.05) is 10.2 Å². The Morgan fingerprint density at radius 3 is 2.39 bits per heavy atom. The van der Waals surface area contributed by atoms with Crippen molar-refractivity contribution >= 4 is 33.4 Å². The summed E-state index contributed by atoms with van der Waals surface area (Å²) in [4.78, 5) is 25.3. The maximum Gasteiger partial charge on any atom is 0.228 e. The molecule has 23 heavy (non-hydrogen) atoms. The van der Waals surface area contributed by atoms with Crippen molar-refractivity contribution in [3.05, 3.63) is 28.7 Å². The van der Waals surface area contributed by atoms with Crippen molar-refractivity contribution in [3.63, 3.8) is 0 Å². The summed E-state index contributed by atoms with van der Waals surface area (Å²) in [6, 6.07) is 7.57. The number of fused-ring (bicyclic) bond motifs is 1. The van der Waals surface area contributed by atoms with Gasteiger partial charge in [-0.05, 0) is 73.1 Å². The van der Waals surface area contributed by atoms with Crippen molar-refractivity contribution < 1.29 is 9.59 Å². The largest absolute Gasteiger partial charge is 0.369 e. The number of anilines is 1. The Kier molecular flexibility index (Phi) is 2.55. The first-order chi connectivity index (χ1) is 11.0. The van der Waals surface area contributed by atoms with Crippen molar-refractivity contribution in [2.75, 3.05) is 5.32 Å². The van der Waals surface area contributed by atoms with Crippen LogP contribution in [0.25, 0.3) is 0 Å². The maximum absolute atomic E-state index is 13.0. The lowest BCUT2D eigenvalue weighted by molar-refractivity contribution is -0.135. The van der Waals surface area contributed by atoms with Crippen molar-refractivity contribution in [1.29, 1.82) is 0 Å². The molecule has 5 saturated carbocycles. The predicted octanol–water partition coefficient (Wildman–Crippen LogP) is 2.93. The lowest BCUT2D eigenvalue weighted by Crippen LogP contribution is -2.45. The molecule has 0 aliphatic heterocycles. The SMILES string of the molecule is NC(=O)C12C3CCC(C1C(=O)Nc1ccc(Br)cc1)C1(CC1)C32. The Morgan fingerprint density at radius 1 is 1.13 bits per heavy atom. The number of halogens is 1. The van der Waals surface area contributed by atoms with Gasteiger partial charge in [-0.1, -0.05) is 15.9 Å². The Morgan fingerprint density at radius 2 is 1.78 bits per heavy atom. The van der Waals surface area contributed by atoms with E-state index in [0.29, 0.717) is 17.8 Å². The topological polar surface area (TPSA) is 72.2 Å². The van der Waals surface area contributed by atoms with Gasteiger partial charge in [-0.15, -0.1) is 0 Å². The molecule has 5 heteroatoms. The molecule has 0 saturated heterocycles.